The molecule has 214 valence electrons. The van der Waals surface area contributed by atoms with Crippen molar-refractivity contribution in [2.24, 2.45) is 11.8 Å². The predicted octanol–water partition coefficient (Wildman–Crippen LogP) is 6.30. The van der Waals surface area contributed by atoms with E-state index in [0.29, 0.717) is 44.2 Å². The summed E-state index contributed by atoms with van der Waals surface area (Å²) in [5, 5.41) is 7.88. The Morgan fingerprint density at radius 2 is 1.54 bits per heavy atom. The summed E-state index contributed by atoms with van der Waals surface area (Å²) in [6.45, 7) is 6.95. The molecule has 4 atom stereocenters. The lowest BCUT2D eigenvalue weighted by Gasteiger charge is -2.38. The fourth-order valence-electron chi connectivity index (χ4n) is 5.99. The molecule has 1 amide bonds. The zero-order valence-corrected chi connectivity index (χ0v) is 21.9. The van der Waals surface area contributed by atoms with Crippen LogP contribution in [0.5, 0.6) is 0 Å². The van der Waals surface area contributed by atoms with Gasteiger partial charge < -0.3 is 15.0 Å². The van der Waals surface area contributed by atoms with Gasteiger partial charge in [-0.15, -0.1) is 5.10 Å². The van der Waals surface area contributed by atoms with Crippen molar-refractivity contribution < 1.29 is 35.9 Å². The van der Waals surface area contributed by atoms with Gasteiger partial charge in [-0.25, -0.2) is 9.48 Å². The third-order valence-electron chi connectivity index (χ3n) is 7.67. The highest BCUT2D eigenvalue weighted by molar-refractivity contribution is 5.68. The zero-order chi connectivity index (χ0) is 28.3. The van der Waals surface area contributed by atoms with Crippen LogP contribution in [0, 0.1) is 11.8 Å². The van der Waals surface area contributed by atoms with Gasteiger partial charge in [0.15, 0.2) is 0 Å². The number of amides is 1. The van der Waals surface area contributed by atoms with Crippen molar-refractivity contribution in [3.05, 3.63) is 40.7 Å². The number of nitrogens with one attached hydrogen (secondary N) is 1. The van der Waals surface area contributed by atoms with E-state index in [-0.39, 0.29) is 35.6 Å². The fourth-order valence-corrected chi connectivity index (χ4v) is 5.99. The molecule has 2 aliphatic heterocycles. The van der Waals surface area contributed by atoms with Gasteiger partial charge in [0.25, 0.3) is 0 Å². The summed E-state index contributed by atoms with van der Waals surface area (Å²) in [4.78, 5) is 18.9. The van der Waals surface area contributed by atoms with Crippen LogP contribution in [0.15, 0.2) is 18.2 Å². The maximum atomic E-state index is 13.5. The fraction of sp³-hybridized carbons (Fsp3) is 0.654. The van der Waals surface area contributed by atoms with E-state index >= 15 is 0 Å². The van der Waals surface area contributed by atoms with Crippen molar-refractivity contribution >= 4 is 12.0 Å². The van der Waals surface area contributed by atoms with E-state index in [4.69, 9.17) is 4.74 Å². The first kappa shape index (κ1) is 27.6. The Bertz CT molecular complexity index is 1190. The maximum Gasteiger partial charge on any atom is 0.416 e. The van der Waals surface area contributed by atoms with E-state index in [1.807, 2.05) is 20.8 Å². The monoisotopic (exact) mass is 559 g/mol. The van der Waals surface area contributed by atoms with Crippen LogP contribution in [0.1, 0.15) is 74.9 Å². The van der Waals surface area contributed by atoms with Crippen LogP contribution >= 0.6 is 0 Å². The van der Waals surface area contributed by atoms with Crippen molar-refractivity contribution in [1.29, 1.82) is 0 Å². The molecule has 1 saturated heterocycles. The van der Waals surface area contributed by atoms with E-state index in [9.17, 15) is 31.1 Å². The first-order valence-electron chi connectivity index (χ1n) is 13.1. The highest BCUT2D eigenvalue weighted by Gasteiger charge is 2.45. The number of fused-ring (bicyclic) bond motifs is 3. The lowest BCUT2D eigenvalue weighted by molar-refractivity contribution is -0.143. The summed E-state index contributed by atoms with van der Waals surface area (Å²) in [5.41, 5.74) is -3.35. The molecule has 5 rings (SSSR count). The number of anilines is 1. The highest BCUT2D eigenvalue weighted by atomic mass is 19.4. The molecule has 1 aromatic carbocycles. The predicted molar refractivity (Wildman–Crippen MR) is 129 cm³/mol. The second-order valence-corrected chi connectivity index (χ2v) is 11.7. The van der Waals surface area contributed by atoms with Gasteiger partial charge in [0.1, 0.15) is 11.4 Å². The number of hydrogen-bond acceptors (Lipinski definition) is 5. The Kier molecular flexibility index (Phi) is 6.77. The number of hydrogen-bond donors (Lipinski definition) is 1. The first-order valence-corrected chi connectivity index (χ1v) is 13.1. The Morgan fingerprint density at radius 3 is 2.08 bits per heavy atom. The number of ether oxygens (including phenoxy) is 1. The highest BCUT2D eigenvalue weighted by Crippen LogP contribution is 2.42. The van der Waals surface area contributed by atoms with E-state index in [0.717, 1.165) is 25.0 Å². The van der Waals surface area contributed by atoms with Gasteiger partial charge >= 0.3 is 18.4 Å². The standard InChI is InChI=1S/C26H31F6N5O2/c1-24(2,3)39-23(38)36-12-14-6-7-15(13-36)20(14)33-22-34-21-19(5-4-8-37(21)35-22)16-9-17(25(27,28)29)11-18(10-16)26(30,31)32/h9-11,14-15,19-20H,4-8,12-13H2,1-3H3,(H,33,35)/t14-,15+,19?,20?. The second-order valence-electron chi connectivity index (χ2n) is 11.7. The molecule has 0 spiro atoms. The third-order valence-corrected chi connectivity index (χ3v) is 7.67. The molecule has 13 heteroatoms. The van der Waals surface area contributed by atoms with Crippen molar-refractivity contribution in [2.45, 2.75) is 82.9 Å². The van der Waals surface area contributed by atoms with E-state index in [1.54, 1.807) is 9.58 Å². The van der Waals surface area contributed by atoms with Crippen molar-refractivity contribution in [1.82, 2.24) is 19.7 Å². The van der Waals surface area contributed by atoms with Gasteiger partial charge in [0.2, 0.25) is 5.95 Å². The summed E-state index contributed by atoms with van der Waals surface area (Å²) in [7, 11) is 0. The number of aromatic nitrogens is 3. The molecule has 2 fully saturated rings. The number of nitrogens with zero attached hydrogens (tertiary/aromatic N) is 4. The summed E-state index contributed by atoms with van der Waals surface area (Å²) in [6.07, 6.45) is -7.48. The number of piperidine rings is 1. The second kappa shape index (κ2) is 9.58. The lowest BCUT2D eigenvalue weighted by atomic mass is 9.88. The molecule has 1 saturated carbocycles. The Balaban J connectivity index is 1.37. The number of aryl methyl sites for hydroxylation is 1. The number of benzene rings is 1. The number of likely N-dealkylation sites (tertiary alicyclic amines) is 1. The lowest BCUT2D eigenvalue weighted by Crippen LogP contribution is -2.51. The van der Waals surface area contributed by atoms with E-state index in [1.165, 1.54) is 0 Å². The molecule has 0 radical (unpaired) electrons. The molecule has 1 aliphatic carbocycles. The minimum Gasteiger partial charge on any atom is -0.444 e. The molecular formula is C26H31F6N5O2. The van der Waals surface area contributed by atoms with Crippen LogP contribution in [0.2, 0.25) is 0 Å². The number of rotatable bonds is 3. The minimum absolute atomic E-state index is 0.00280. The molecule has 7 nitrogen and oxygen atoms in total. The quantitative estimate of drug-likeness (QED) is 0.447. The molecule has 3 heterocycles. The summed E-state index contributed by atoms with van der Waals surface area (Å²) < 4.78 is 87.8. The number of carbonyl (C=O) groups is 1. The normalized spacial score (nSPS) is 25.4. The van der Waals surface area contributed by atoms with Gasteiger partial charge in [-0.1, -0.05) is 0 Å². The first-order chi connectivity index (χ1) is 18.1. The van der Waals surface area contributed by atoms with Crippen LogP contribution in [0.4, 0.5) is 37.1 Å². The van der Waals surface area contributed by atoms with Gasteiger partial charge in [-0.3, -0.25) is 0 Å². The largest absolute Gasteiger partial charge is 0.444 e. The SMILES string of the molecule is CC(C)(C)OC(=O)N1C[C@H]2CC[C@@H](C1)C2Nc1nc2n(n1)CCCC2c1cc(C(F)(F)F)cc(C(F)(F)F)c1. The van der Waals surface area contributed by atoms with Gasteiger partial charge in [-0.2, -0.15) is 31.3 Å². The average Bonchev–Trinajstić information content (AvgIpc) is 3.32. The van der Waals surface area contributed by atoms with E-state index < -0.39 is 35.0 Å². The van der Waals surface area contributed by atoms with Crippen LogP contribution < -0.4 is 5.32 Å². The molecular weight excluding hydrogens is 528 g/mol. The van der Waals surface area contributed by atoms with Gasteiger partial charge in [0, 0.05) is 31.6 Å². The molecule has 3 aliphatic rings. The van der Waals surface area contributed by atoms with E-state index in [2.05, 4.69) is 15.4 Å². The Labute approximate surface area is 221 Å². The van der Waals surface area contributed by atoms with Crippen molar-refractivity contribution in [3.8, 4) is 0 Å². The van der Waals surface area contributed by atoms with Crippen LogP contribution in [-0.4, -0.2) is 50.5 Å². The summed E-state index contributed by atoms with van der Waals surface area (Å²) in [5.74, 6) is 0.175. The molecule has 2 unspecified atom stereocenters. The van der Waals surface area contributed by atoms with Gasteiger partial charge in [-0.05, 0) is 82.1 Å². The number of carbonyl (C=O) groups excluding carboxylic acids is 1. The average molecular weight is 560 g/mol. The molecule has 1 aromatic heterocycles. The molecule has 39 heavy (non-hydrogen) atoms. The topological polar surface area (TPSA) is 72.3 Å². The smallest absolute Gasteiger partial charge is 0.416 e. The molecule has 2 aromatic rings. The van der Waals surface area contributed by atoms with Gasteiger partial charge in [0.05, 0.1) is 11.1 Å². The number of halogens is 6. The van der Waals surface area contributed by atoms with Crippen LogP contribution in [-0.2, 0) is 23.6 Å². The molecule has 2 bridgehead atoms. The minimum atomic E-state index is -4.92. The maximum absolute atomic E-state index is 13.5. The van der Waals surface area contributed by atoms with Crippen molar-refractivity contribution in [3.63, 3.8) is 0 Å². The summed E-state index contributed by atoms with van der Waals surface area (Å²) in [6, 6.07) is 1.70. The Hall–Kier alpha value is -2.99. The number of alkyl halides is 6. The van der Waals surface area contributed by atoms with Crippen LogP contribution in [0.25, 0.3) is 0 Å². The molecule has 1 N–H and O–H groups in total. The summed E-state index contributed by atoms with van der Waals surface area (Å²) >= 11 is 0. The Morgan fingerprint density at radius 1 is 0.949 bits per heavy atom. The van der Waals surface area contributed by atoms with Crippen LogP contribution in [0.3, 0.4) is 0 Å². The zero-order valence-electron chi connectivity index (χ0n) is 21.9. The third kappa shape index (κ3) is 5.81. The van der Waals surface area contributed by atoms with Crippen molar-refractivity contribution in [2.75, 3.05) is 18.4 Å².